The number of carbonyl (C=O) groups excluding carboxylic acids is 1. The standard InChI is InChI=1S/C9H11N3O/c1-10-9(13)12-5-7-2-3-11-4-8(7)6-12/h2-4H,5-6H2,1H3,(H,10,13). The van der Waals surface area contributed by atoms with Gasteiger partial charge in [0.05, 0.1) is 0 Å². The van der Waals surface area contributed by atoms with Crippen molar-refractivity contribution in [1.82, 2.24) is 15.2 Å². The van der Waals surface area contributed by atoms with Crippen LogP contribution >= 0.6 is 0 Å². The molecular weight excluding hydrogens is 166 g/mol. The Kier molecular flexibility index (Phi) is 1.88. The molecule has 0 spiro atoms. The van der Waals surface area contributed by atoms with Crippen molar-refractivity contribution < 1.29 is 4.79 Å². The summed E-state index contributed by atoms with van der Waals surface area (Å²) < 4.78 is 0. The molecule has 0 unspecified atom stereocenters. The number of carbonyl (C=O) groups is 1. The van der Waals surface area contributed by atoms with Gasteiger partial charge in [-0.05, 0) is 17.2 Å². The normalized spacial score (nSPS) is 14.1. The van der Waals surface area contributed by atoms with Crippen molar-refractivity contribution in [2.75, 3.05) is 7.05 Å². The quantitative estimate of drug-likeness (QED) is 0.635. The summed E-state index contributed by atoms with van der Waals surface area (Å²) in [6.45, 7) is 1.36. The Morgan fingerprint density at radius 3 is 3.00 bits per heavy atom. The molecule has 0 aliphatic carbocycles. The summed E-state index contributed by atoms with van der Waals surface area (Å²) in [6, 6.07) is 1.93. The van der Waals surface area contributed by atoms with Gasteiger partial charge in [-0.1, -0.05) is 0 Å². The van der Waals surface area contributed by atoms with Crippen LogP contribution in [0.4, 0.5) is 4.79 Å². The summed E-state index contributed by atoms with van der Waals surface area (Å²) in [5.41, 5.74) is 2.34. The van der Waals surface area contributed by atoms with Crippen LogP contribution in [0.25, 0.3) is 0 Å². The lowest BCUT2D eigenvalue weighted by atomic mass is 10.2. The monoisotopic (exact) mass is 177 g/mol. The van der Waals surface area contributed by atoms with Gasteiger partial charge in [0.15, 0.2) is 0 Å². The fraction of sp³-hybridized carbons (Fsp3) is 0.333. The van der Waals surface area contributed by atoms with Gasteiger partial charge in [0.1, 0.15) is 0 Å². The molecule has 1 aromatic heterocycles. The van der Waals surface area contributed by atoms with Gasteiger partial charge in [-0.25, -0.2) is 4.79 Å². The molecular formula is C9H11N3O. The molecule has 0 bridgehead atoms. The number of hydrogen-bond acceptors (Lipinski definition) is 2. The SMILES string of the molecule is CNC(=O)N1Cc2ccncc2C1. The van der Waals surface area contributed by atoms with Crippen LogP contribution in [0, 0.1) is 0 Å². The molecule has 0 atom stereocenters. The molecule has 2 heterocycles. The van der Waals surface area contributed by atoms with Crippen molar-refractivity contribution in [3.63, 3.8) is 0 Å². The highest BCUT2D eigenvalue weighted by Gasteiger charge is 2.21. The van der Waals surface area contributed by atoms with E-state index in [-0.39, 0.29) is 6.03 Å². The van der Waals surface area contributed by atoms with Crippen molar-refractivity contribution in [2.45, 2.75) is 13.1 Å². The van der Waals surface area contributed by atoms with Gasteiger partial charge in [-0.2, -0.15) is 0 Å². The van der Waals surface area contributed by atoms with E-state index < -0.39 is 0 Å². The average molecular weight is 177 g/mol. The second kappa shape index (κ2) is 3.05. The lowest BCUT2D eigenvalue weighted by Crippen LogP contribution is -2.33. The second-order valence-electron chi connectivity index (χ2n) is 3.06. The maximum Gasteiger partial charge on any atom is 0.317 e. The summed E-state index contributed by atoms with van der Waals surface area (Å²) in [5, 5.41) is 2.61. The zero-order chi connectivity index (χ0) is 9.26. The van der Waals surface area contributed by atoms with Crippen LogP contribution < -0.4 is 5.32 Å². The van der Waals surface area contributed by atoms with Crippen molar-refractivity contribution in [2.24, 2.45) is 0 Å². The number of urea groups is 1. The highest BCUT2D eigenvalue weighted by Crippen LogP contribution is 2.20. The van der Waals surface area contributed by atoms with Crippen molar-refractivity contribution in [3.05, 3.63) is 29.6 Å². The number of nitrogens with zero attached hydrogens (tertiary/aromatic N) is 2. The van der Waals surface area contributed by atoms with E-state index in [0.717, 1.165) is 5.56 Å². The van der Waals surface area contributed by atoms with Crippen molar-refractivity contribution >= 4 is 6.03 Å². The number of fused-ring (bicyclic) bond motifs is 1. The molecule has 2 amide bonds. The van der Waals surface area contributed by atoms with Gasteiger partial charge in [0, 0.05) is 32.5 Å². The number of rotatable bonds is 0. The summed E-state index contributed by atoms with van der Waals surface area (Å²) in [6.07, 6.45) is 3.57. The van der Waals surface area contributed by atoms with Crippen LogP contribution in [0.2, 0.25) is 0 Å². The van der Waals surface area contributed by atoms with Crippen LogP contribution in [0.15, 0.2) is 18.5 Å². The number of amides is 2. The molecule has 0 saturated heterocycles. The Morgan fingerprint density at radius 1 is 1.54 bits per heavy atom. The molecule has 13 heavy (non-hydrogen) atoms. The summed E-state index contributed by atoms with van der Waals surface area (Å²) in [4.78, 5) is 17.1. The fourth-order valence-electron chi connectivity index (χ4n) is 1.52. The fourth-order valence-corrected chi connectivity index (χ4v) is 1.52. The number of hydrogen-bond donors (Lipinski definition) is 1. The van der Waals surface area contributed by atoms with E-state index in [1.165, 1.54) is 5.56 Å². The topological polar surface area (TPSA) is 45.2 Å². The first kappa shape index (κ1) is 8.04. The molecule has 0 saturated carbocycles. The molecule has 2 rings (SSSR count). The minimum atomic E-state index is -0.0313. The summed E-state index contributed by atoms with van der Waals surface area (Å²) in [5.74, 6) is 0. The smallest absolute Gasteiger partial charge is 0.317 e. The van der Waals surface area contributed by atoms with E-state index in [9.17, 15) is 4.79 Å². The van der Waals surface area contributed by atoms with Crippen LogP contribution in [0.5, 0.6) is 0 Å². The number of aromatic nitrogens is 1. The Bertz CT molecular complexity index is 312. The first-order chi connectivity index (χ1) is 6.31. The minimum Gasteiger partial charge on any atom is -0.341 e. The van der Waals surface area contributed by atoms with E-state index in [4.69, 9.17) is 0 Å². The maximum atomic E-state index is 11.3. The third-order valence-corrected chi connectivity index (χ3v) is 2.23. The molecule has 1 aromatic rings. The predicted molar refractivity (Wildman–Crippen MR) is 47.9 cm³/mol. The third kappa shape index (κ3) is 1.35. The highest BCUT2D eigenvalue weighted by molar-refractivity contribution is 5.74. The maximum absolute atomic E-state index is 11.3. The second-order valence-corrected chi connectivity index (χ2v) is 3.06. The Labute approximate surface area is 76.6 Å². The highest BCUT2D eigenvalue weighted by atomic mass is 16.2. The zero-order valence-electron chi connectivity index (χ0n) is 7.45. The summed E-state index contributed by atoms with van der Waals surface area (Å²) in [7, 11) is 1.64. The van der Waals surface area contributed by atoms with Crippen LogP contribution in [-0.2, 0) is 13.1 Å². The molecule has 1 aliphatic rings. The lowest BCUT2D eigenvalue weighted by Gasteiger charge is -2.13. The van der Waals surface area contributed by atoms with Crippen molar-refractivity contribution in [3.8, 4) is 0 Å². The van der Waals surface area contributed by atoms with E-state index in [1.807, 2.05) is 12.3 Å². The van der Waals surface area contributed by atoms with Crippen LogP contribution in [-0.4, -0.2) is 23.0 Å². The van der Waals surface area contributed by atoms with Gasteiger partial charge >= 0.3 is 6.03 Å². The molecule has 0 radical (unpaired) electrons. The van der Waals surface area contributed by atoms with E-state index in [2.05, 4.69) is 10.3 Å². The molecule has 4 heteroatoms. The van der Waals surface area contributed by atoms with Gasteiger partial charge in [-0.15, -0.1) is 0 Å². The van der Waals surface area contributed by atoms with Gasteiger partial charge in [0.2, 0.25) is 0 Å². The molecule has 0 aromatic carbocycles. The van der Waals surface area contributed by atoms with Gasteiger partial charge < -0.3 is 10.2 Å². The van der Waals surface area contributed by atoms with Crippen LogP contribution in [0.3, 0.4) is 0 Å². The van der Waals surface area contributed by atoms with Gasteiger partial charge in [-0.3, -0.25) is 4.98 Å². The van der Waals surface area contributed by atoms with E-state index in [0.29, 0.717) is 13.1 Å². The first-order valence-electron chi connectivity index (χ1n) is 4.19. The first-order valence-corrected chi connectivity index (χ1v) is 4.19. The van der Waals surface area contributed by atoms with E-state index >= 15 is 0 Å². The number of pyridine rings is 1. The Hall–Kier alpha value is -1.58. The molecule has 1 N–H and O–H groups in total. The molecule has 1 aliphatic heterocycles. The van der Waals surface area contributed by atoms with Gasteiger partial charge in [0.25, 0.3) is 0 Å². The van der Waals surface area contributed by atoms with Crippen molar-refractivity contribution in [1.29, 1.82) is 0 Å². The largest absolute Gasteiger partial charge is 0.341 e. The average Bonchev–Trinajstić information content (AvgIpc) is 2.59. The lowest BCUT2D eigenvalue weighted by molar-refractivity contribution is 0.201. The third-order valence-electron chi connectivity index (χ3n) is 2.23. The predicted octanol–water partition coefficient (Wildman–Crippen LogP) is 0.737. The zero-order valence-corrected chi connectivity index (χ0v) is 7.45. The van der Waals surface area contributed by atoms with E-state index in [1.54, 1.807) is 18.1 Å². The Morgan fingerprint density at radius 2 is 2.31 bits per heavy atom. The number of nitrogens with one attached hydrogen (secondary N) is 1. The van der Waals surface area contributed by atoms with Crippen LogP contribution in [0.1, 0.15) is 11.1 Å². The molecule has 0 fully saturated rings. The molecule has 68 valence electrons. The Balaban J connectivity index is 2.18. The summed E-state index contributed by atoms with van der Waals surface area (Å²) >= 11 is 0. The minimum absolute atomic E-state index is 0.0313. The molecule has 4 nitrogen and oxygen atoms in total.